The molecule has 1 aliphatic carbocycles. The van der Waals surface area contributed by atoms with Crippen molar-refractivity contribution in [1.82, 2.24) is 10.9 Å². The molecule has 2 rings (SSSR count). The zero-order chi connectivity index (χ0) is 17.5. The van der Waals surface area contributed by atoms with Crippen LogP contribution in [0.15, 0.2) is 29.2 Å². The van der Waals surface area contributed by atoms with Gasteiger partial charge in [0.05, 0.1) is 10.3 Å². The third kappa shape index (κ3) is 4.04. The van der Waals surface area contributed by atoms with Crippen LogP contribution in [0.5, 0.6) is 0 Å². The van der Waals surface area contributed by atoms with Gasteiger partial charge in [-0.2, -0.15) is 0 Å². The number of sulfonamides is 1. The molecule has 0 bridgehead atoms. The molecule has 1 aromatic rings. The van der Waals surface area contributed by atoms with Crippen LogP contribution in [0.25, 0.3) is 0 Å². The molecule has 1 atom stereocenters. The van der Waals surface area contributed by atoms with Gasteiger partial charge in [-0.1, -0.05) is 0 Å². The van der Waals surface area contributed by atoms with E-state index in [9.17, 15) is 13.2 Å². The molecule has 0 unspecified atom stereocenters. The molecule has 1 aromatic carbocycles. The summed E-state index contributed by atoms with van der Waals surface area (Å²) >= 11 is 16.8. The van der Waals surface area contributed by atoms with Gasteiger partial charge in [-0.3, -0.25) is 15.6 Å². The fourth-order valence-corrected chi connectivity index (χ4v) is 3.18. The number of alkyl halides is 2. The molecule has 23 heavy (non-hydrogen) atoms. The van der Waals surface area contributed by atoms with Crippen molar-refractivity contribution in [3.63, 3.8) is 0 Å². The molecule has 1 fully saturated rings. The lowest BCUT2D eigenvalue weighted by atomic mass is 10.1. The van der Waals surface area contributed by atoms with Crippen LogP contribution in [-0.2, 0) is 14.8 Å². The molecule has 5 N–H and O–H groups in total. The molecule has 0 aromatic heterocycles. The Kier molecular flexibility index (Phi) is 4.80. The maximum absolute atomic E-state index is 11.9. The first-order valence-corrected chi connectivity index (χ1v) is 9.05. The smallest absolute Gasteiger partial charge is 0.247 e. The lowest BCUT2D eigenvalue weighted by molar-refractivity contribution is -0.126. The van der Waals surface area contributed by atoms with Crippen molar-refractivity contribution in [1.29, 1.82) is 0 Å². The van der Waals surface area contributed by atoms with Crippen LogP contribution in [-0.4, -0.2) is 23.8 Å². The lowest BCUT2D eigenvalue weighted by Crippen LogP contribution is -2.47. The molecule has 7 nitrogen and oxygen atoms in total. The number of amides is 1. The van der Waals surface area contributed by atoms with Gasteiger partial charge in [-0.15, -0.1) is 23.2 Å². The predicted molar refractivity (Wildman–Crippen MR) is 92.5 cm³/mol. The molecule has 1 saturated carbocycles. The summed E-state index contributed by atoms with van der Waals surface area (Å²) in [6, 6.07) is 5.64. The number of carbonyl (C=O) groups is 1. The van der Waals surface area contributed by atoms with Gasteiger partial charge in [0.1, 0.15) is 4.33 Å². The summed E-state index contributed by atoms with van der Waals surface area (Å²) in [6.07, 6.45) is 0.353. The second kappa shape index (κ2) is 6.06. The van der Waals surface area contributed by atoms with Crippen molar-refractivity contribution >= 4 is 62.2 Å². The first-order valence-electron chi connectivity index (χ1n) is 6.34. The Morgan fingerprint density at radius 2 is 1.78 bits per heavy atom. The minimum Gasteiger partial charge on any atom is -0.331 e. The molecule has 11 heteroatoms. The van der Waals surface area contributed by atoms with Crippen LogP contribution in [0, 0.1) is 5.41 Å². The van der Waals surface area contributed by atoms with E-state index < -0.39 is 19.8 Å². The average molecular weight is 397 g/mol. The standard InChI is InChI=1S/C12H14Cl2N4O3S2/c1-11(6-12(11,13)14)9(19)17-18-10(22)16-7-2-4-8(5-3-7)23(15,20)21/h2-5H,6H2,1H3,(H,17,19)(H2,15,20,21)(H2,16,18,22)/t11-/m1/s1. The monoisotopic (exact) mass is 396 g/mol. The summed E-state index contributed by atoms with van der Waals surface area (Å²) in [4.78, 5) is 11.9. The first kappa shape index (κ1) is 18.2. The zero-order valence-electron chi connectivity index (χ0n) is 11.9. The fourth-order valence-electron chi connectivity index (χ4n) is 1.79. The third-order valence-electron chi connectivity index (χ3n) is 3.49. The summed E-state index contributed by atoms with van der Waals surface area (Å²) in [5.41, 5.74) is 4.59. The van der Waals surface area contributed by atoms with E-state index in [0.29, 0.717) is 12.1 Å². The number of carbonyl (C=O) groups excluding carboxylic acids is 1. The van der Waals surface area contributed by atoms with Gasteiger partial charge in [0.25, 0.3) is 0 Å². The Labute approximate surface area is 148 Å². The highest BCUT2D eigenvalue weighted by Gasteiger charge is 2.68. The maximum Gasteiger partial charge on any atom is 0.247 e. The number of primary sulfonamides is 1. The molecular formula is C12H14Cl2N4O3S2. The van der Waals surface area contributed by atoms with E-state index in [1.807, 2.05) is 0 Å². The second-order valence-electron chi connectivity index (χ2n) is 5.32. The van der Waals surface area contributed by atoms with Crippen molar-refractivity contribution in [2.45, 2.75) is 22.6 Å². The molecule has 0 radical (unpaired) electrons. The minimum absolute atomic E-state index is 0.0162. The predicted octanol–water partition coefficient (Wildman–Crippen LogP) is 1.24. The number of benzene rings is 1. The Morgan fingerprint density at radius 1 is 1.26 bits per heavy atom. The Morgan fingerprint density at radius 3 is 2.22 bits per heavy atom. The SMILES string of the molecule is C[C@]1(C(=O)NNC(=S)Nc2ccc(S(N)(=O)=O)cc2)CC1(Cl)Cl. The van der Waals surface area contributed by atoms with Crippen LogP contribution >= 0.6 is 35.4 Å². The third-order valence-corrected chi connectivity index (χ3v) is 5.72. The quantitative estimate of drug-likeness (QED) is 0.347. The van der Waals surface area contributed by atoms with Gasteiger partial charge < -0.3 is 5.32 Å². The summed E-state index contributed by atoms with van der Waals surface area (Å²) in [5, 5.41) is 7.89. The largest absolute Gasteiger partial charge is 0.331 e. The van der Waals surface area contributed by atoms with E-state index in [-0.39, 0.29) is 15.9 Å². The van der Waals surface area contributed by atoms with Crippen LogP contribution < -0.4 is 21.3 Å². The molecule has 1 aliphatic rings. The van der Waals surface area contributed by atoms with E-state index in [1.54, 1.807) is 6.92 Å². The van der Waals surface area contributed by atoms with Crippen LogP contribution in [0.1, 0.15) is 13.3 Å². The summed E-state index contributed by atoms with van der Waals surface area (Å²) in [7, 11) is -3.75. The lowest BCUT2D eigenvalue weighted by Gasteiger charge is -2.15. The van der Waals surface area contributed by atoms with Gasteiger partial charge in [-0.05, 0) is 49.8 Å². The number of rotatable bonds is 3. The maximum atomic E-state index is 11.9. The number of halogens is 2. The topological polar surface area (TPSA) is 113 Å². The zero-order valence-corrected chi connectivity index (χ0v) is 15.0. The molecular weight excluding hydrogens is 383 g/mol. The highest BCUT2D eigenvalue weighted by Crippen LogP contribution is 2.63. The van der Waals surface area contributed by atoms with Crippen molar-refractivity contribution in [2.75, 3.05) is 5.32 Å². The Bertz CT molecular complexity index is 752. The number of thiocarbonyl (C=S) groups is 1. The number of hydrogen-bond donors (Lipinski definition) is 4. The van der Waals surface area contributed by atoms with Crippen molar-refractivity contribution in [3.8, 4) is 0 Å². The van der Waals surface area contributed by atoms with E-state index >= 15 is 0 Å². The molecule has 1 amide bonds. The number of hydrogen-bond acceptors (Lipinski definition) is 4. The first-order chi connectivity index (χ1) is 10.5. The molecule has 0 saturated heterocycles. The van der Waals surface area contributed by atoms with Gasteiger partial charge >= 0.3 is 0 Å². The number of nitrogens with two attached hydrogens (primary N) is 1. The van der Waals surface area contributed by atoms with Gasteiger partial charge in [0.15, 0.2) is 5.11 Å². The van der Waals surface area contributed by atoms with Crippen LogP contribution in [0.3, 0.4) is 0 Å². The van der Waals surface area contributed by atoms with E-state index in [2.05, 4.69) is 16.2 Å². The van der Waals surface area contributed by atoms with Crippen molar-refractivity contribution < 1.29 is 13.2 Å². The minimum atomic E-state index is -3.75. The molecule has 126 valence electrons. The average Bonchev–Trinajstić information content (AvgIpc) is 2.96. The molecule has 0 spiro atoms. The summed E-state index contributed by atoms with van der Waals surface area (Å²) < 4.78 is 21.2. The number of hydrazine groups is 1. The van der Waals surface area contributed by atoms with E-state index in [0.717, 1.165) is 0 Å². The van der Waals surface area contributed by atoms with E-state index in [1.165, 1.54) is 24.3 Å². The summed E-state index contributed by atoms with van der Waals surface area (Å²) in [6.45, 7) is 1.65. The van der Waals surface area contributed by atoms with Crippen molar-refractivity contribution in [2.24, 2.45) is 10.6 Å². The Balaban J connectivity index is 1.87. The van der Waals surface area contributed by atoms with Crippen molar-refractivity contribution in [3.05, 3.63) is 24.3 Å². The highest BCUT2D eigenvalue weighted by atomic mass is 35.5. The van der Waals surface area contributed by atoms with Gasteiger partial charge in [0.2, 0.25) is 15.9 Å². The Hall–Kier alpha value is -1.13. The fraction of sp³-hybridized carbons (Fsp3) is 0.333. The second-order valence-corrected chi connectivity index (χ2v) is 8.77. The van der Waals surface area contributed by atoms with E-state index in [4.69, 9.17) is 40.6 Å². The number of anilines is 1. The van der Waals surface area contributed by atoms with Gasteiger partial charge in [0, 0.05) is 5.69 Å². The molecule has 0 aliphatic heterocycles. The normalized spacial score (nSPS) is 22.1. The van der Waals surface area contributed by atoms with Crippen LogP contribution in [0.2, 0.25) is 0 Å². The molecule has 0 heterocycles. The summed E-state index contributed by atoms with van der Waals surface area (Å²) in [5.74, 6) is -0.378. The number of nitrogens with one attached hydrogen (secondary N) is 3. The van der Waals surface area contributed by atoms with Gasteiger partial charge in [-0.25, -0.2) is 13.6 Å². The van der Waals surface area contributed by atoms with Crippen LogP contribution in [0.4, 0.5) is 5.69 Å². The highest BCUT2D eigenvalue weighted by molar-refractivity contribution is 7.89.